The van der Waals surface area contributed by atoms with Crippen LogP contribution in [0.4, 0.5) is 0 Å². The van der Waals surface area contributed by atoms with Crippen molar-refractivity contribution in [3.05, 3.63) is 75.8 Å². The van der Waals surface area contributed by atoms with E-state index in [1.54, 1.807) is 75.4 Å². The van der Waals surface area contributed by atoms with Crippen molar-refractivity contribution in [1.29, 1.82) is 0 Å². The summed E-state index contributed by atoms with van der Waals surface area (Å²) >= 11 is 0. The number of nitro groups is 1. The second-order valence-electron chi connectivity index (χ2n) is 8.06. The smallest absolute Gasteiger partial charge is 0.317 e. The van der Waals surface area contributed by atoms with Crippen LogP contribution in [0, 0.1) is 16.0 Å². The number of nitrogens with zero attached hydrogens (tertiary/aromatic N) is 1. The van der Waals surface area contributed by atoms with E-state index in [1.807, 2.05) is 0 Å². The molecule has 0 N–H and O–H groups in total. The lowest BCUT2D eigenvalue weighted by Crippen LogP contribution is -2.39. The van der Waals surface area contributed by atoms with Gasteiger partial charge in [-0.25, -0.2) is 0 Å². The molecule has 0 aliphatic heterocycles. The van der Waals surface area contributed by atoms with Crippen LogP contribution in [0.3, 0.4) is 0 Å². The summed E-state index contributed by atoms with van der Waals surface area (Å²) in [4.78, 5) is 37.4. The lowest BCUT2D eigenvalue weighted by Gasteiger charge is -2.29. The molecule has 0 bridgehead atoms. The number of methoxy groups -OCH3 is 1. The Kier molecular flexibility index (Phi) is 7.32. The molecular formula is C23H27NO6. The van der Waals surface area contributed by atoms with Gasteiger partial charge in [0.05, 0.1) is 13.0 Å². The summed E-state index contributed by atoms with van der Waals surface area (Å²) in [6, 6.07) is 13.6. The number of benzene rings is 2. The van der Waals surface area contributed by atoms with E-state index in [1.165, 1.54) is 14.0 Å². The molecule has 0 aliphatic rings. The Balaban J connectivity index is 2.67. The third kappa shape index (κ3) is 5.65. The molecule has 30 heavy (non-hydrogen) atoms. The lowest BCUT2D eigenvalue weighted by molar-refractivity contribution is -0.534. The molecule has 2 aromatic rings. The van der Waals surface area contributed by atoms with E-state index in [-0.39, 0.29) is 0 Å². The van der Waals surface area contributed by atoms with E-state index in [4.69, 9.17) is 9.47 Å². The minimum absolute atomic E-state index is 0.401. The first-order valence-corrected chi connectivity index (χ1v) is 9.61. The minimum Gasteiger partial charge on any atom is -0.497 e. The zero-order valence-corrected chi connectivity index (χ0v) is 17.8. The van der Waals surface area contributed by atoms with Gasteiger partial charge in [0.25, 0.3) is 0 Å². The summed E-state index contributed by atoms with van der Waals surface area (Å²) in [5.74, 6) is -3.10. The van der Waals surface area contributed by atoms with E-state index < -0.39 is 40.2 Å². The van der Waals surface area contributed by atoms with Gasteiger partial charge >= 0.3 is 5.97 Å². The standard InChI is InChI=1S/C23H27NO6/c1-15(25)19(22(26)30-23(2,3)4)20(16-11-13-18(29-5)14-12-16)21(24(27)28)17-9-7-6-8-10-17/h6-14,19-21H,1-5H3. The minimum atomic E-state index is -1.34. The van der Waals surface area contributed by atoms with Crippen LogP contribution in [0.2, 0.25) is 0 Å². The predicted octanol–water partition coefficient (Wildman–Crippen LogP) is 4.34. The molecule has 0 spiro atoms. The monoisotopic (exact) mass is 413 g/mol. The van der Waals surface area contributed by atoms with Crippen molar-refractivity contribution in [3.8, 4) is 5.75 Å². The summed E-state index contributed by atoms with van der Waals surface area (Å²) in [6.07, 6.45) is 0. The van der Waals surface area contributed by atoms with Crippen molar-refractivity contribution in [2.45, 2.75) is 45.3 Å². The Morgan fingerprint density at radius 3 is 1.97 bits per heavy atom. The van der Waals surface area contributed by atoms with E-state index in [2.05, 4.69) is 0 Å². The molecule has 0 radical (unpaired) electrons. The molecule has 7 heteroatoms. The topological polar surface area (TPSA) is 95.7 Å². The molecule has 0 aliphatic carbocycles. The molecule has 0 fully saturated rings. The number of rotatable bonds is 8. The molecule has 0 aromatic heterocycles. The van der Waals surface area contributed by atoms with Gasteiger partial charge < -0.3 is 9.47 Å². The van der Waals surface area contributed by atoms with Crippen LogP contribution in [-0.2, 0) is 14.3 Å². The van der Waals surface area contributed by atoms with Gasteiger partial charge in [0, 0.05) is 10.5 Å². The number of carbonyl (C=O) groups is 2. The number of hydrogen-bond donors (Lipinski definition) is 0. The molecule has 3 atom stereocenters. The fourth-order valence-electron chi connectivity index (χ4n) is 3.42. The maximum Gasteiger partial charge on any atom is 0.317 e. The van der Waals surface area contributed by atoms with Gasteiger partial charge in [-0.3, -0.25) is 19.7 Å². The molecule has 3 unspecified atom stereocenters. The van der Waals surface area contributed by atoms with Crippen molar-refractivity contribution in [1.82, 2.24) is 0 Å². The first-order chi connectivity index (χ1) is 14.0. The molecular weight excluding hydrogens is 386 g/mol. The highest BCUT2D eigenvalue weighted by Gasteiger charge is 2.46. The van der Waals surface area contributed by atoms with Crippen molar-refractivity contribution >= 4 is 11.8 Å². The van der Waals surface area contributed by atoms with E-state index in [9.17, 15) is 19.7 Å². The summed E-state index contributed by atoms with van der Waals surface area (Å²) in [7, 11) is 1.51. The van der Waals surface area contributed by atoms with Crippen LogP contribution in [0.25, 0.3) is 0 Å². The van der Waals surface area contributed by atoms with Crippen LogP contribution in [0.15, 0.2) is 54.6 Å². The maximum absolute atomic E-state index is 13.0. The van der Waals surface area contributed by atoms with Crippen molar-refractivity contribution in [2.75, 3.05) is 7.11 Å². The summed E-state index contributed by atoms with van der Waals surface area (Å²) in [5, 5.41) is 12.2. The zero-order chi connectivity index (χ0) is 22.5. The van der Waals surface area contributed by atoms with Crippen LogP contribution >= 0.6 is 0 Å². The highest BCUT2D eigenvalue weighted by Crippen LogP contribution is 2.41. The molecule has 0 saturated heterocycles. The lowest BCUT2D eigenvalue weighted by atomic mass is 9.76. The Morgan fingerprint density at radius 2 is 1.53 bits per heavy atom. The predicted molar refractivity (Wildman–Crippen MR) is 112 cm³/mol. The van der Waals surface area contributed by atoms with E-state index in [0.717, 1.165) is 0 Å². The van der Waals surface area contributed by atoms with Crippen molar-refractivity contribution < 1.29 is 24.0 Å². The SMILES string of the molecule is COc1ccc(C(C(C(C)=O)C(=O)OC(C)(C)C)C(c2ccccc2)[N+](=O)[O-])cc1. The Labute approximate surface area is 176 Å². The van der Waals surface area contributed by atoms with Gasteiger partial charge in [0.1, 0.15) is 23.1 Å². The van der Waals surface area contributed by atoms with Crippen molar-refractivity contribution in [2.24, 2.45) is 5.92 Å². The molecule has 160 valence electrons. The van der Waals surface area contributed by atoms with E-state index >= 15 is 0 Å². The third-order valence-electron chi connectivity index (χ3n) is 4.67. The molecule has 2 rings (SSSR count). The zero-order valence-electron chi connectivity index (χ0n) is 17.8. The second kappa shape index (κ2) is 9.52. The number of Topliss-reactive ketones (excluding diaryl/α,β-unsaturated/α-hetero) is 1. The highest BCUT2D eigenvalue weighted by atomic mass is 16.6. The molecule has 0 saturated carbocycles. The number of carbonyl (C=O) groups excluding carboxylic acids is 2. The van der Waals surface area contributed by atoms with Gasteiger partial charge in [-0.1, -0.05) is 42.5 Å². The summed E-state index contributed by atoms with van der Waals surface area (Å²) < 4.78 is 10.6. The van der Waals surface area contributed by atoms with Gasteiger partial charge in [0.15, 0.2) is 0 Å². The highest BCUT2D eigenvalue weighted by molar-refractivity contribution is 5.99. The van der Waals surface area contributed by atoms with Gasteiger partial charge in [0.2, 0.25) is 6.04 Å². The normalized spacial score (nSPS) is 14.3. The first-order valence-electron chi connectivity index (χ1n) is 9.61. The van der Waals surface area contributed by atoms with Crippen LogP contribution in [0.5, 0.6) is 5.75 Å². The second-order valence-corrected chi connectivity index (χ2v) is 8.06. The number of esters is 1. The van der Waals surface area contributed by atoms with Gasteiger partial charge in [-0.05, 0) is 45.4 Å². The molecule has 7 nitrogen and oxygen atoms in total. The molecule has 2 aromatic carbocycles. The number of ether oxygens (including phenoxy) is 2. The quantitative estimate of drug-likeness (QED) is 0.276. The van der Waals surface area contributed by atoms with Crippen LogP contribution < -0.4 is 4.74 Å². The molecule has 0 heterocycles. The van der Waals surface area contributed by atoms with E-state index in [0.29, 0.717) is 16.9 Å². The Hall–Kier alpha value is -3.22. The van der Waals surface area contributed by atoms with Crippen molar-refractivity contribution in [3.63, 3.8) is 0 Å². The van der Waals surface area contributed by atoms with Gasteiger partial charge in [-0.15, -0.1) is 0 Å². The van der Waals surface area contributed by atoms with Crippen LogP contribution in [-0.4, -0.2) is 29.4 Å². The number of ketones is 1. The fourth-order valence-corrected chi connectivity index (χ4v) is 3.42. The Bertz CT molecular complexity index is 886. The maximum atomic E-state index is 13.0. The van der Waals surface area contributed by atoms with Crippen LogP contribution in [0.1, 0.15) is 50.8 Å². The average molecular weight is 413 g/mol. The summed E-state index contributed by atoms with van der Waals surface area (Å²) in [6.45, 7) is 6.32. The summed E-state index contributed by atoms with van der Waals surface area (Å²) in [5.41, 5.74) is 0.0390. The number of hydrogen-bond acceptors (Lipinski definition) is 6. The average Bonchev–Trinajstić information content (AvgIpc) is 2.66. The third-order valence-corrected chi connectivity index (χ3v) is 4.67. The first kappa shape index (κ1) is 23.1. The molecule has 0 amide bonds. The van der Waals surface area contributed by atoms with Gasteiger partial charge in [-0.2, -0.15) is 0 Å². The largest absolute Gasteiger partial charge is 0.497 e. The fraction of sp³-hybridized carbons (Fsp3) is 0.391. The Morgan fingerprint density at radius 1 is 0.967 bits per heavy atom.